The second kappa shape index (κ2) is 13.9. The maximum atomic E-state index is 7.66. The fourth-order valence-electron chi connectivity index (χ4n) is 13.9. The number of aromatic nitrogens is 2. The molecule has 0 atom stereocenters. The number of benzene rings is 11. The Bertz CT molecular complexity index is 4410. The van der Waals surface area contributed by atoms with E-state index in [4.69, 9.17) is 4.74 Å². The van der Waals surface area contributed by atoms with Gasteiger partial charge in [0.25, 0.3) is 6.71 Å². The highest BCUT2D eigenvalue weighted by Crippen LogP contribution is 2.63. The topological polar surface area (TPSA) is 22.3 Å². The van der Waals surface area contributed by atoms with E-state index in [1.807, 2.05) is 0 Å². The molecular formula is C67H40BN3O. The van der Waals surface area contributed by atoms with E-state index < -0.39 is 5.41 Å². The summed E-state index contributed by atoms with van der Waals surface area (Å²) in [6.07, 6.45) is 0. The van der Waals surface area contributed by atoms with Crippen LogP contribution in [-0.2, 0) is 5.41 Å². The first kappa shape index (κ1) is 38.5. The van der Waals surface area contributed by atoms with Crippen LogP contribution in [0.25, 0.3) is 77.2 Å². The minimum atomic E-state index is -0.507. The lowest BCUT2D eigenvalue weighted by molar-refractivity contribution is 0.486. The van der Waals surface area contributed by atoms with Crippen LogP contribution < -0.4 is 26.0 Å². The largest absolute Gasteiger partial charge is 0.458 e. The van der Waals surface area contributed by atoms with Crippen LogP contribution >= 0.6 is 0 Å². The molecule has 4 aliphatic rings. The van der Waals surface area contributed by atoms with E-state index in [1.165, 1.54) is 105 Å². The van der Waals surface area contributed by atoms with Crippen LogP contribution in [0.4, 0.5) is 17.1 Å². The van der Waals surface area contributed by atoms with Gasteiger partial charge in [0.15, 0.2) is 0 Å². The predicted molar refractivity (Wildman–Crippen MR) is 297 cm³/mol. The second-order valence-electron chi connectivity index (χ2n) is 19.9. The third-order valence-corrected chi connectivity index (χ3v) is 16.5. The van der Waals surface area contributed by atoms with Crippen LogP contribution in [0.15, 0.2) is 243 Å². The molecule has 0 saturated carbocycles. The van der Waals surface area contributed by atoms with Crippen LogP contribution in [0.5, 0.6) is 11.5 Å². The van der Waals surface area contributed by atoms with Crippen LogP contribution in [0.1, 0.15) is 22.3 Å². The lowest BCUT2D eigenvalue weighted by Crippen LogP contribution is -2.58. The van der Waals surface area contributed by atoms with Gasteiger partial charge in [-0.15, -0.1) is 0 Å². The molecule has 2 aliphatic carbocycles. The van der Waals surface area contributed by atoms with Gasteiger partial charge in [-0.1, -0.05) is 176 Å². The first-order valence-corrected chi connectivity index (χ1v) is 25.0. The summed E-state index contributed by atoms with van der Waals surface area (Å²) in [5.74, 6) is 1.77. The zero-order chi connectivity index (χ0) is 46.8. The van der Waals surface area contributed by atoms with E-state index in [0.717, 1.165) is 39.9 Å². The molecule has 0 fully saturated rings. The lowest BCUT2D eigenvalue weighted by atomic mass is 9.34. The molecule has 2 aromatic heterocycles. The van der Waals surface area contributed by atoms with Gasteiger partial charge in [0, 0.05) is 50.4 Å². The normalized spacial score (nSPS) is 13.8. The molecule has 5 heteroatoms. The molecule has 1 spiro atoms. The van der Waals surface area contributed by atoms with Crippen molar-refractivity contribution in [3.05, 3.63) is 265 Å². The van der Waals surface area contributed by atoms with Crippen molar-refractivity contribution in [2.24, 2.45) is 0 Å². The van der Waals surface area contributed by atoms with Crippen molar-refractivity contribution in [1.82, 2.24) is 9.13 Å². The molecule has 0 unspecified atom stereocenters. The number of para-hydroxylation sites is 5. The summed E-state index contributed by atoms with van der Waals surface area (Å²) in [6, 6.07) is 89.9. The second-order valence-corrected chi connectivity index (χ2v) is 19.9. The van der Waals surface area contributed by atoms with Crippen molar-refractivity contribution in [2.75, 3.05) is 4.90 Å². The number of ether oxygens (including phenoxy) is 1. The number of nitrogens with zero attached hydrogens (tertiary/aromatic N) is 3. The van der Waals surface area contributed by atoms with Crippen LogP contribution in [-0.4, -0.2) is 15.8 Å². The van der Waals surface area contributed by atoms with Gasteiger partial charge in [-0.05, 0) is 122 Å². The molecule has 0 radical (unpaired) electrons. The van der Waals surface area contributed by atoms with E-state index in [-0.39, 0.29) is 6.71 Å². The van der Waals surface area contributed by atoms with E-state index in [1.54, 1.807) is 0 Å². The number of anilines is 3. The van der Waals surface area contributed by atoms with Crippen LogP contribution in [0, 0.1) is 0 Å². The first-order chi connectivity index (χ1) is 35.8. The van der Waals surface area contributed by atoms with Gasteiger partial charge in [-0.2, -0.15) is 0 Å². The van der Waals surface area contributed by atoms with Crippen LogP contribution in [0.2, 0.25) is 0 Å². The van der Waals surface area contributed by atoms with Crippen molar-refractivity contribution >= 4 is 83.8 Å². The smallest absolute Gasteiger partial charge is 0.256 e. The summed E-state index contributed by atoms with van der Waals surface area (Å²) in [5, 5.41) is 4.98. The Morgan fingerprint density at radius 1 is 0.375 bits per heavy atom. The molecule has 0 N–H and O–H groups in total. The molecule has 0 bridgehead atoms. The Kier molecular flexibility index (Phi) is 7.46. The van der Waals surface area contributed by atoms with E-state index in [0.29, 0.717) is 0 Å². The average Bonchev–Trinajstić information content (AvgIpc) is 4.15. The molecule has 17 rings (SSSR count). The number of hydrogen-bond donors (Lipinski definition) is 0. The molecule has 72 heavy (non-hydrogen) atoms. The van der Waals surface area contributed by atoms with Gasteiger partial charge in [0.2, 0.25) is 0 Å². The van der Waals surface area contributed by atoms with Gasteiger partial charge in [-0.25, -0.2) is 0 Å². The fraction of sp³-hybridized carbons (Fsp3) is 0.0149. The van der Waals surface area contributed by atoms with E-state index >= 15 is 0 Å². The SMILES string of the molecule is c1ccc(N(c2ccccc2)c2cc3c4c(c2)-n2c5ccccc5c5c2c(cc2c6ccccc6n(-c6ccccc6)c25)B4c2cc4c(cc2O3)C2(c3ccccc3-c3ccccc32)c2ccccc2-4)cc1. The van der Waals surface area contributed by atoms with Crippen LogP contribution in [0.3, 0.4) is 0 Å². The van der Waals surface area contributed by atoms with E-state index in [2.05, 4.69) is 257 Å². The third kappa shape index (κ3) is 4.73. The average molecular weight is 914 g/mol. The van der Waals surface area contributed by atoms with Crippen molar-refractivity contribution < 1.29 is 4.74 Å². The maximum Gasteiger partial charge on any atom is 0.256 e. The molecule has 0 amide bonds. The fourth-order valence-corrected chi connectivity index (χ4v) is 13.9. The zero-order valence-electron chi connectivity index (χ0n) is 38.9. The van der Waals surface area contributed by atoms with E-state index in [9.17, 15) is 0 Å². The lowest BCUT2D eigenvalue weighted by Gasteiger charge is -2.36. The maximum absolute atomic E-state index is 7.66. The molecule has 13 aromatic rings. The van der Waals surface area contributed by atoms with Crippen molar-refractivity contribution in [3.63, 3.8) is 0 Å². The number of fused-ring (bicyclic) bond motifs is 21. The highest BCUT2D eigenvalue weighted by Gasteiger charge is 2.53. The molecule has 11 aromatic carbocycles. The Hall–Kier alpha value is -9.32. The molecule has 332 valence electrons. The Labute approximate surface area is 415 Å². The Morgan fingerprint density at radius 2 is 0.917 bits per heavy atom. The summed E-state index contributed by atoms with van der Waals surface area (Å²) >= 11 is 0. The summed E-state index contributed by atoms with van der Waals surface area (Å²) in [5.41, 5.74) is 23.8. The monoisotopic (exact) mass is 913 g/mol. The molecular weight excluding hydrogens is 874 g/mol. The van der Waals surface area contributed by atoms with Gasteiger partial charge in [0.1, 0.15) is 11.5 Å². The molecule has 2 aliphatic heterocycles. The summed E-state index contributed by atoms with van der Waals surface area (Å²) in [7, 11) is 0. The van der Waals surface area contributed by atoms with Gasteiger partial charge < -0.3 is 18.8 Å². The van der Waals surface area contributed by atoms with Gasteiger partial charge in [-0.3, -0.25) is 0 Å². The molecule has 0 saturated heterocycles. The standard InChI is InChI=1S/C67H40BN3O/c1-4-20-41(21-5-1)69(42-22-6-2-7-23-42)44-36-60-64-62(37-44)72-61-40-55-50(47-28-12-17-33-54(47)67(55)52-31-15-10-26-45(52)46-27-11-16-32-53(46)67)38-56(61)68(64)57-39-51-48-29-13-18-34-58(48)70(43-24-8-3-9-25-43)65(51)63-49-30-14-19-35-59(49)71(60)66(57)63/h1-40H. The number of rotatable bonds is 4. The van der Waals surface area contributed by atoms with Gasteiger partial charge >= 0.3 is 0 Å². The summed E-state index contributed by atoms with van der Waals surface area (Å²) in [6.45, 7) is -0.144. The summed E-state index contributed by atoms with van der Waals surface area (Å²) in [4.78, 5) is 2.38. The molecule has 4 heterocycles. The highest BCUT2D eigenvalue weighted by atomic mass is 16.5. The number of hydrogen-bond acceptors (Lipinski definition) is 2. The van der Waals surface area contributed by atoms with Gasteiger partial charge in [0.05, 0.1) is 33.2 Å². The minimum absolute atomic E-state index is 0.144. The highest BCUT2D eigenvalue weighted by molar-refractivity contribution is 6.99. The van der Waals surface area contributed by atoms with Crippen molar-refractivity contribution in [2.45, 2.75) is 5.41 Å². The zero-order valence-corrected chi connectivity index (χ0v) is 38.9. The summed E-state index contributed by atoms with van der Waals surface area (Å²) < 4.78 is 12.7. The quantitative estimate of drug-likeness (QED) is 0.164. The third-order valence-electron chi connectivity index (χ3n) is 16.5. The van der Waals surface area contributed by atoms with Crippen molar-refractivity contribution in [1.29, 1.82) is 0 Å². The first-order valence-electron chi connectivity index (χ1n) is 25.0. The minimum Gasteiger partial charge on any atom is -0.458 e. The van der Waals surface area contributed by atoms with Crippen molar-refractivity contribution in [3.8, 4) is 45.1 Å². The molecule has 4 nitrogen and oxygen atoms in total. The Balaban J connectivity index is 1.03. The Morgan fingerprint density at radius 3 is 1.57 bits per heavy atom. The predicted octanol–water partition coefficient (Wildman–Crippen LogP) is 14.6.